The van der Waals surface area contributed by atoms with E-state index in [2.05, 4.69) is 22.2 Å². The van der Waals surface area contributed by atoms with Crippen LogP contribution in [0, 0.1) is 6.92 Å². The molecule has 1 unspecified atom stereocenters. The van der Waals surface area contributed by atoms with Gasteiger partial charge in [-0.25, -0.2) is 4.98 Å². The molecule has 0 radical (unpaired) electrons. The third kappa shape index (κ3) is 4.99. The quantitative estimate of drug-likeness (QED) is 0.759. The Bertz CT molecular complexity index is 345. The number of aliphatic hydroxyl groups excluding tert-OH is 1. The fourth-order valence-electron chi connectivity index (χ4n) is 1.56. The average Bonchev–Trinajstić information content (AvgIpc) is 2.26. The fraction of sp³-hybridized carbons (Fsp3) is 0.667. The maximum atomic E-state index is 8.77. The monoisotopic (exact) mass is 239 g/mol. The van der Waals surface area contributed by atoms with Crippen molar-refractivity contribution in [3.63, 3.8) is 0 Å². The lowest BCUT2D eigenvalue weighted by Crippen LogP contribution is -2.17. The molecular weight excluding hydrogens is 218 g/mol. The molecule has 0 spiro atoms. The number of anilines is 1. The summed E-state index contributed by atoms with van der Waals surface area (Å²) in [5.74, 6) is 2.05. The fourth-order valence-corrected chi connectivity index (χ4v) is 1.56. The van der Waals surface area contributed by atoms with Gasteiger partial charge in [-0.1, -0.05) is 0 Å². The number of ether oxygens (including phenoxy) is 1. The molecule has 0 aliphatic carbocycles. The van der Waals surface area contributed by atoms with Gasteiger partial charge < -0.3 is 15.2 Å². The van der Waals surface area contributed by atoms with Crippen molar-refractivity contribution < 1.29 is 9.84 Å². The van der Waals surface area contributed by atoms with Gasteiger partial charge in [-0.05, 0) is 33.6 Å². The molecule has 0 aliphatic rings. The molecule has 0 saturated heterocycles. The van der Waals surface area contributed by atoms with Crippen LogP contribution in [0.15, 0.2) is 6.07 Å². The third-order valence-electron chi connectivity index (χ3n) is 2.30. The van der Waals surface area contributed by atoms with Crippen LogP contribution in [-0.4, -0.2) is 34.3 Å². The lowest BCUT2D eigenvalue weighted by Gasteiger charge is -2.14. The minimum Gasteiger partial charge on any atom is -0.478 e. The largest absolute Gasteiger partial charge is 0.478 e. The number of aliphatic hydroxyl groups is 1. The van der Waals surface area contributed by atoms with Gasteiger partial charge in [0.2, 0.25) is 5.88 Å². The van der Waals surface area contributed by atoms with Crippen LogP contribution in [0.4, 0.5) is 5.82 Å². The topological polar surface area (TPSA) is 67.3 Å². The van der Waals surface area contributed by atoms with E-state index in [1.165, 1.54) is 0 Å². The highest BCUT2D eigenvalue weighted by molar-refractivity contribution is 5.39. The minimum atomic E-state index is 0.221. The van der Waals surface area contributed by atoms with Gasteiger partial charge in [0.1, 0.15) is 11.6 Å². The molecule has 0 saturated carbocycles. The summed E-state index contributed by atoms with van der Waals surface area (Å²) >= 11 is 0. The summed E-state index contributed by atoms with van der Waals surface area (Å²) in [5, 5.41) is 12.0. The molecule has 0 aliphatic heterocycles. The van der Waals surface area contributed by atoms with Crippen molar-refractivity contribution in [2.45, 2.75) is 39.7 Å². The highest BCUT2D eigenvalue weighted by Gasteiger charge is 2.06. The van der Waals surface area contributed by atoms with Crippen molar-refractivity contribution in [1.29, 1.82) is 0 Å². The zero-order valence-electron chi connectivity index (χ0n) is 10.7. The van der Waals surface area contributed by atoms with Gasteiger partial charge in [-0.2, -0.15) is 4.98 Å². The predicted molar refractivity (Wildman–Crippen MR) is 67.3 cm³/mol. The SMILES string of the molecule is CCOc1cc(NC(C)CCCO)nc(C)n1. The lowest BCUT2D eigenvalue weighted by atomic mass is 10.2. The summed E-state index contributed by atoms with van der Waals surface area (Å²) in [6, 6.07) is 2.07. The molecule has 1 heterocycles. The highest BCUT2D eigenvalue weighted by Crippen LogP contribution is 2.15. The summed E-state index contributed by atoms with van der Waals surface area (Å²) in [6.45, 7) is 6.64. The van der Waals surface area contributed by atoms with Crippen LogP contribution in [0.1, 0.15) is 32.5 Å². The highest BCUT2D eigenvalue weighted by atomic mass is 16.5. The van der Waals surface area contributed by atoms with E-state index in [0.717, 1.165) is 18.7 Å². The number of aryl methyl sites for hydroxylation is 1. The second kappa shape index (κ2) is 7.06. The summed E-state index contributed by atoms with van der Waals surface area (Å²) in [7, 11) is 0. The summed E-state index contributed by atoms with van der Waals surface area (Å²) in [5.41, 5.74) is 0. The number of nitrogens with zero attached hydrogens (tertiary/aromatic N) is 2. The van der Waals surface area contributed by atoms with Crippen LogP contribution in [0.3, 0.4) is 0 Å². The van der Waals surface area contributed by atoms with Crippen LogP contribution >= 0.6 is 0 Å². The standard InChI is InChI=1S/C12H21N3O2/c1-4-17-12-8-11(14-10(3)15-12)13-9(2)6-5-7-16/h8-9,16H,4-7H2,1-3H3,(H,13,14,15). The molecule has 2 N–H and O–H groups in total. The van der Waals surface area contributed by atoms with Crippen molar-refractivity contribution in [3.8, 4) is 5.88 Å². The third-order valence-corrected chi connectivity index (χ3v) is 2.30. The van der Waals surface area contributed by atoms with E-state index in [1.54, 1.807) is 6.07 Å². The normalized spacial score (nSPS) is 12.2. The molecule has 5 heteroatoms. The van der Waals surface area contributed by atoms with E-state index >= 15 is 0 Å². The first kappa shape index (κ1) is 13.7. The van der Waals surface area contributed by atoms with E-state index in [9.17, 15) is 0 Å². The molecule has 1 atom stereocenters. The van der Waals surface area contributed by atoms with Crippen LogP contribution in [0.5, 0.6) is 5.88 Å². The van der Waals surface area contributed by atoms with Crippen LogP contribution in [0.2, 0.25) is 0 Å². The van der Waals surface area contributed by atoms with Gasteiger partial charge in [0.05, 0.1) is 6.61 Å². The van der Waals surface area contributed by atoms with Crippen molar-refractivity contribution >= 4 is 5.82 Å². The smallest absolute Gasteiger partial charge is 0.218 e. The summed E-state index contributed by atoms with van der Waals surface area (Å²) in [4.78, 5) is 8.48. The Hall–Kier alpha value is -1.36. The zero-order valence-corrected chi connectivity index (χ0v) is 10.7. The maximum Gasteiger partial charge on any atom is 0.218 e. The summed E-state index contributed by atoms with van der Waals surface area (Å²) in [6.07, 6.45) is 1.69. The van der Waals surface area contributed by atoms with E-state index < -0.39 is 0 Å². The van der Waals surface area contributed by atoms with Gasteiger partial charge in [0.15, 0.2) is 0 Å². The Labute approximate surface area is 102 Å². The Morgan fingerprint density at radius 3 is 2.88 bits per heavy atom. The number of aromatic nitrogens is 2. The van der Waals surface area contributed by atoms with E-state index in [-0.39, 0.29) is 12.6 Å². The predicted octanol–water partition coefficient (Wildman–Crippen LogP) is 1.76. The molecule has 0 aromatic carbocycles. The average molecular weight is 239 g/mol. The lowest BCUT2D eigenvalue weighted by molar-refractivity contribution is 0.282. The molecule has 0 fully saturated rings. The molecule has 1 rings (SSSR count). The molecular formula is C12H21N3O2. The maximum absolute atomic E-state index is 8.77. The zero-order chi connectivity index (χ0) is 12.7. The van der Waals surface area contributed by atoms with Crippen LogP contribution in [0.25, 0.3) is 0 Å². The molecule has 0 amide bonds. The minimum absolute atomic E-state index is 0.221. The Balaban J connectivity index is 2.63. The van der Waals surface area contributed by atoms with Gasteiger partial charge in [-0.15, -0.1) is 0 Å². The number of hydrogen-bond acceptors (Lipinski definition) is 5. The first-order chi connectivity index (χ1) is 8.15. The second-order valence-corrected chi connectivity index (χ2v) is 3.98. The van der Waals surface area contributed by atoms with E-state index in [1.807, 2.05) is 13.8 Å². The molecule has 0 bridgehead atoms. The number of nitrogens with one attached hydrogen (secondary N) is 1. The van der Waals surface area contributed by atoms with E-state index in [4.69, 9.17) is 9.84 Å². The molecule has 1 aromatic rings. The van der Waals surface area contributed by atoms with Gasteiger partial charge in [-0.3, -0.25) is 0 Å². The molecule has 5 nitrogen and oxygen atoms in total. The molecule has 96 valence electrons. The Kier molecular flexibility index (Phi) is 5.69. The second-order valence-electron chi connectivity index (χ2n) is 3.98. The first-order valence-corrected chi connectivity index (χ1v) is 6.01. The van der Waals surface area contributed by atoms with Gasteiger partial charge in [0.25, 0.3) is 0 Å². The molecule has 17 heavy (non-hydrogen) atoms. The van der Waals surface area contributed by atoms with Crippen molar-refractivity contribution in [3.05, 3.63) is 11.9 Å². The Morgan fingerprint density at radius 1 is 1.47 bits per heavy atom. The number of rotatable bonds is 7. The van der Waals surface area contributed by atoms with Gasteiger partial charge in [0, 0.05) is 18.7 Å². The van der Waals surface area contributed by atoms with Crippen LogP contribution in [-0.2, 0) is 0 Å². The van der Waals surface area contributed by atoms with Crippen molar-refractivity contribution in [2.75, 3.05) is 18.5 Å². The number of hydrogen-bond donors (Lipinski definition) is 2. The Morgan fingerprint density at radius 2 is 2.24 bits per heavy atom. The van der Waals surface area contributed by atoms with E-state index in [0.29, 0.717) is 18.3 Å². The van der Waals surface area contributed by atoms with Crippen molar-refractivity contribution in [1.82, 2.24) is 9.97 Å². The van der Waals surface area contributed by atoms with Crippen molar-refractivity contribution in [2.24, 2.45) is 0 Å². The molecule has 1 aromatic heterocycles. The van der Waals surface area contributed by atoms with Gasteiger partial charge >= 0.3 is 0 Å². The van der Waals surface area contributed by atoms with Crippen LogP contribution < -0.4 is 10.1 Å². The first-order valence-electron chi connectivity index (χ1n) is 6.01. The summed E-state index contributed by atoms with van der Waals surface area (Å²) < 4.78 is 5.36.